The number of rotatable bonds is 8. The number of benzene rings is 3. The minimum absolute atomic E-state index is 0.0546. The van der Waals surface area contributed by atoms with Crippen LogP contribution in [0.3, 0.4) is 0 Å². The Kier molecular flexibility index (Phi) is 6.86. The van der Waals surface area contributed by atoms with E-state index in [1.807, 2.05) is 42.5 Å². The van der Waals surface area contributed by atoms with E-state index in [0.29, 0.717) is 35.4 Å². The first kappa shape index (κ1) is 20.8. The van der Waals surface area contributed by atoms with Crippen molar-refractivity contribution in [1.82, 2.24) is 0 Å². The molecule has 0 saturated carbocycles. The van der Waals surface area contributed by atoms with Gasteiger partial charge in [0.05, 0.1) is 17.7 Å². The molecule has 7 heteroatoms. The van der Waals surface area contributed by atoms with E-state index < -0.39 is 5.97 Å². The lowest BCUT2D eigenvalue weighted by atomic mass is 10.1. The van der Waals surface area contributed by atoms with Crippen molar-refractivity contribution in [3.63, 3.8) is 0 Å². The molecule has 0 aliphatic carbocycles. The first-order valence-corrected chi connectivity index (χ1v) is 9.52. The lowest BCUT2D eigenvalue weighted by molar-refractivity contribution is 0.0697. The average Bonchev–Trinajstić information content (AvgIpc) is 2.71. The Morgan fingerprint density at radius 3 is 2.55 bits per heavy atom. The van der Waals surface area contributed by atoms with Crippen LogP contribution in [0.15, 0.2) is 60.7 Å². The number of ether oxygens (including phenoxy) is 2. The van der Waals surface area contributed by atoms with Gasteiger partial charge in [-0.05, 0) is 53.6 Å². The zero-order chi connectivity index (χ0) is 20.8. The van der Waals surface area contributed by atoms with Gasteiger partial charge in [-0.25, -0.2) is 4.79 Å². The summed E-state index contributed by atoms with van der Waals surface area (Å²) in [4.78, 5) is 11.2. The summed E-state index contributed by atoms with van der Waals surface area (Å²) in [6, 6.07) is 17.9. The van der Waals surface area contributed by atoms with Gasteiger partial charge in [-0.15, -0.1) is 0 Å². The summed E-state index contributed by atoms with van der Waals surface area (Å²) in [6.07, 6.45) is 0. The van der Waals surface area contributed by atoms with Crippen LogP contribution in [0.2, 0.25) is 10.0 Å². The van der Waals surface area contributed by atoms with E-state index in [4.69, 9.17) is 32.7 Å². The SMILES string of the molecule is COc1cc(CNc2ccc(Cl)c(C(=O)O)c2)ccc1OCc1cccc(Cl)c1. The maximum Gasteiger partial charge on any atom is 0.337 e. The summed E-state index contributed by atoms with van der Waals surface area (Å²) >= 11 is 11.9. The van der Waals surface area contributed by atoms with Gasteiger partial charge in [-0.3, -0.25) is 0 Å². The van der Waals surface area contributed by atoms with E-state index in [1.165, 1.54) is 6.07 Å². The molecule has 0 radical (unpaired) electrons. The van der Waals surface area contributed by atoms with Crippen molar-refractivity contribution in [3.05, 3.63) is 87.4 Å². The number of hydrogen-bond donors (Lipinski definition) is 2. The fourth-order valence-corrected chi connectivity index (χ4v) is 3.14. The highest BCUT2D eigenvalue weighted by molar-refractivity contribution is 6.33. The second-order valence-corrected chi connectivity index (χ2v) is 7.10. The molecule has 0 spiro atoms. The maximum atomic E-state index is 11.2. The first-order valence-electron chi connectivity index (χ1n) is 8.77. The van der Waals surface area contributed by atoms with Crippen LogP contribution in [0.1, 0.15) is 21.5 Å². The van der Waals surface area contributed by atoms with Crippen LogP contribution in [-0.2, 0) is 13.2 Å². The van der Waals surface area contributed by atoms with Crippen molar-refractivity contribution in [2.45, 2.75) is 13.2 Å². The first-order chi connectivity index (χ1) is 14.0. The third-order valence-corrected chi connectivity index (χ3v) is 4.77. The van der Waals surface area contributed by atoms with E-state index in [-0.39, 0.29) is 10.6 Å². The van der Waals surface area contributed by atoms with Gasteiger partial charge in [0.1, 0.15) is 6.61 Å². The van der Waals surface area contributed by atoms with Crippen molar-refractivity contribution in [3.8, 4) is 11.5 Å². The Labute approximate surface area is 178 Å². The molecular formula is C22H19Cl2NO4. The zero-order valence-electron chi connectivity index (χ0n) is 15.6. The van der Waals surface area contributed by atoms with Gasteiger partial charge in [-0.1, -0.05) is 41.4 Å². The monoisotopic (exact) mass is 431 g/mol. The molecule has 0 unspecified atom stereocenters. The molecule has 29 heavy (non-hydrogen) atoms. The number of carbonyl (C=O) groups is 1. The molecular weight excluding hydrogens is 413 g/mol. The molecule has 3 rings (SSSR count). The van der Waals surface area contributed by atoms with Crippen LogP contribution >= 0.6 is 23.2 Å². The Morgan fingerprint density at radius 2 is 1.83 bits per heavy atom. The number of carboxylic acids is 1. The second-order valence-electron chi connectivity index (χ2n) is 6.26. The molecule has 0 heterocycles. The normalized spacial score (nSPS) is 10.4. The molecule has 0 amide bonds. The van der Waals surface area contributed by atoms with Gasteiger partial charge >= 0.3 is 5.97 Å². The third-order valence-electron chi connectivity index (χ3n) is 4.20. The van der Waals surface area contributed by atoms with Crippen LogP contribution in [0.25, 0.3) is 0 Å². The summed E-state index contributed by atoms with van der Waals surface area (Å²) in [6.45, 7) is 0.850. The van der Waals surface area contributed by atoms with E-state index >= 15 is 0 Å². The number of anilines is 1. The summed E-state index contributed by atoms with van der Waals surface area (Å²) in [5, 5.41) is 13.2. The minimum atomic E-state index is -1.07. The summed E-state index contributed by atoms with van der Waals surface area (Å²) in [5.41, 5.74) is 2.62. The molecule has 0 saturated heterocycles. The van der Waals surface area contributed by atoms with Gasteiger partial charge in [0, 0.05) is 17.3 Å². The Bertz CT molecular complexity index is 1020. The average molecular weight is 432 g/mol. The molecule has 0 atom stereocenters. The summed E-state index contributed by atoms with van der Waals surface area (Å²) in [5.74, 6) is 0.158. The fraction of sp³-hybridized carbons (Fsp3) is 0.136. The maximum absolute atomic E-state index is 11.2. The third kappa shape index (κ3) is 5.56. The lowest BCUT2D eigenvalue weighted by Gasteiger charge is -2.13. The highest BCUT2D eigenvalue weighted by Crippen LogP contribution is 2.29. The van der Waals surface area contributed by atoms with Crippen molar-refractivity contribution >= 4 is 34.9 Å². The molecule has 0 aromatic heterocycles. The number of hydrogen-bond acceptors (Lipinski definition) is 4. The topological polar surface area (TPSA) is 67.8 Å². The highest BCUT2D eigenvalue weighted by atomic mass is 35.5. The molecule has 0 aliphatic heterocycles. The highest BCUT2D eigenvalue weighted by Gasteiger charge is 2.10. The van der Waals surface area contributed by atoms with E-state index in [9.17, 15) is 9.90 Å². The number of nitrogens with one attached hydrogen (secondary N) is 1. The van der Waals surface area contributed by atoms with E-state index in [1.54, 1.807) is 19.2 Å². The van der Waals surface area contributed by atoms with Gasteiger partial charge in [0.15, 0.2) is 11.5 Å². The molecule has 2 N–H and O–H groups in total. The van der Waals surface area contributed by atoms with E-state index in [2.05, 4.69) is 5.32 Å². The Balaban J connectivity index is 1.67. The number of carboxylic acid groups (broad SMARTS) is 1. The molecule has 0 bridgehead atoms. The van der Waals surface area contributed by atoms with Gasteiger partial charge < -0.3 is 19.9 Å². The standard InChI is InChI=1S/C22H19Cl2NO4/c1-28-21-10-14(12-25-17-6-7-19(24)18(11-17)22(26)27)5-8-20(21)29-13-15-3-2-4-16(23)9-15/h2-11,25H,12-13H2,1H3,(H,26,27). The number of aromatic carboxylic acids is 1. The molecule has 5 nitrogen and oxygen atoms in total. The molecule has 0 aliphatic rings. The van der Waals surface area contributed by atoms with Crippen molar-refractivity contribution < 1.29 is 19.4 Å². The van der Waals surface area contributed by atoms with E-state index in [0.717, 1.165) is 11.1 Å². The predicted octanol–water partition coefficient (Wildman–Crippen LogP) is 5.89. The fourth-order valence-electron chi connectivity index (χ4n) is 2.73. The van der Waals surface area contributed by atoms with Crippen molar-refractivity contribution in [2.75, 3.05) is 12.4 Å². The number of halogens is 2. The minimum Gasteiger partial charge on any atom is -0.493 e. The quantitative estimate of drug-likeness (QED) is 0.465. The van der Waals surface area contributed by atoms with Gasteiger partial charge in [-0.2, -0.15) is 0 Å². The molecule has 0 fully saturated rings. The lowest BCUT2D eigenvalue weighted by Crippen LogP contribution is -2.04. The Morgan fingerprint density at radius 1 is 1.00 bits per heavy atom. The smallest absolute Gasteiger partial charge is 0.337 e. The van der Waals surface area contributed by atoms with Crippen LogP contribution < -0.4 is 14.8 Å². The largest absolute Gasteiger partial charge is 0.493 e. The summed E-state index contributed by atoms with van der Waals surface area (Å²) < 4.78 is 11.3. The van der Waals surface area contributed by atoms with Crippen molar-refractivity contribution in [1.29, 1.82) is 0 Å². The van der Waals surface area contributed by atoms with Crippen LogP contribution in [-0.4, -0.2) is 18.2 Å². The predicted molar refractivity (Wildman–Crippen MR) is 115 cm³/mol. The summed E-state index contributed by atoms with van der Waals surface area (Å²) in [7, 11) is 1.58. The van der Waals surface area contributed by atoms with Gasteiger partial charge in [0.2, 0.25) is 0 Å². The van der Waals surface area contributed by atoms with Crippen LogP contribution in [0, 0.1) is 0 Å². The molecule has 150 valence electrons. The van der Waals surface area contributed by atoms with Crippen LogP contribution in [0.5, 0.6) is 11.5 Å². The Hall–Kier alpha value is -2.89. The zero-order valence-corrected chi connectivity index (χ0v) is 17.1. The van der Waals surface area contributed by atoms with Gasteiger partial charge in [0.25, 0.3) is 0 Å². The molecule has 3 aromatic rings. The second kappa shape index (κ2) is 9.54. The van der Waals surface area contributed by atoms with Crippen molar-refractivity contribution in [2.24, 2.45) is 0 Å². The van der Waals surface area contributed by atoms with Crippen LogP contribution in [0.4, 0.5) is 5.69 Å². The number of methoxy groups -OCH3 is 1. The molecule has 3 aromatic carbocycles.